The standard InChI is InChI=1S/C16H24BrFN2/c1-5-12-9-19-16(4,6-2)10-20(12)15-8-13(17)14(18)7-11(15)3/h7-8,12,19H,5-6,9-10H2,1-4H3. The molecule has 2 atom stereocenters. The van der Waals surface area contributed by atoms with Gasteiger partial charge in [0.25, 0.3) is 0 Å². The van der Waals surface area contributed by atoms with Gasteiger partial charge in [0.05, 0.1) is 4.47 Å². The fraction of sp³-hybridized carbons (Fsp3) is 0.625. The van der Waals surface area contributed by atoms with Gasteiger partial charge in [-0.15, -0.1) is 0 Å². The molecule has 0 saturated carbocycles. The van der Waals surface area contributed by atoms with Crippen molar-refractivity contribution < 1.29 is 4.39 Å². The molecule has 1 aromatic carbocycles. The largest absolute Gasteiger partial charge is 0.365 e. The van der Waals surface area contributed by atoms with Gasteiger partial charge in [-0.1, -0.05) is 13.8 Å². The molecule has 2 nitrogen and oxygen atoms in total. The number of halogens is 2. The zero-order chi connectivity index (χ0) is 14.9. The van der Waals surface area contributed by atoms with Crippen molar-refractivity contribution in [1.29, 1.82) is 0 Å². The molecule has 1 aliphatic rings. The van der Waals surface area contributed by atoms with Crippen LogP contribution in [0.2, 0.25) is 0 Å². The minimum absolute atomic E-state index is 0.124. The van der Waals surface area contributed by atoms with Crippen molar-refractivity contribution in [3.8, 4) is 0 Å². The molecule has 1 aromatic rings. The third-order valence-corrected chi connectivity index (χ3v) is 5.13. The fourth-order valence-electron chi connectivity index (χ4n) is 2.86. The van der Waals surface area contributed by atoms with Gasteiger partial charge in [-0.05, 0) is 60.3 Å². The van der Waals surface area contributed by atoms with Crippen LogP contribution in [0, 0.1) is 12.7 Å². The molecule has 1 N–H and O–H groups in total. The van der Waals surface area contributed by atoms with E-state index in [1.54, 1.807) is 6.07 Å². The van der Waals surface area contributed by atoms with Crippen LogP contribution in [0.3, 0.4) is 0 Å². The van der Waals surface area contributed by atoms with E-state index in [0.29, 0.717) is 10.5 Å². The number of rotatable bonds is 3. The Kier molecular flexibility index (Phi) is 4.75. The van der Waals surface area contributed by atoms with Crippen LogP contribution in [-0.2, 0) is 0 Å². The highest BCUT2D eigenvalue weighted by molar-refractivity contribution is 9.10. The summed E-state index contributed by atoms with van der Waals surface area (Å²) >= 11 is 3.32. The van der Waals surface area contributed by atoms with Crippen molar-refractivity contribution in [2.75, 3.05) is 18.0 Å². The summed E-state index contributed by atoms with van der Waals surface area (Å²) in [4.78, 5) is 2.44. The van der Waals surface area contributed by atoms with E-state index in [9.17, 15) is 4.39 Å². The summed E-state index contributed by atoms with van der Waals surface area (Å²) in [5.74, 6) is -0.187. The highest BCUT2D eigenvalue weighted by Gasteiger charge is 2.34. The predicted octanol–water partition coefficient (Wildman–Crippen LogP) is 4.25. The van der Waals surface area contributed by atoms with Crippen LogP contribution in [0.4, 0.5) is 10.1 Å². The van der Waals surface area contributed by atoms with Crippen LogP contribution in [0.25, 0.3) is 0 Å². The first-order chi connectivity index (χ1) is 9.40. The van der Waals surface area contributed by atoms with Gasteiger partial charge in [-0.25, -0.2) is 4.39 Å². The maximum absolute atomic E-state index is 13.6. The van der Waals surface area contributed by atoms with Gasteiger partial charge in [0.2, 0.25) is 0 Å². The number of hydrogen-bond donors (Lipinski definition) is 1. The monoisotopic (exact) mass is 342 g/mol. The van der Waals surface area contributed by atoms with Crippen LogP contribution >= 0.6 is 15.9 Å². The smallest absolute Gasteiger partial charge is 0.137 e. The second-order valence-electron chi connectivity index (χ2n) is 6.04. The molecule has 1 fully saturated rings. The number of nitrogens with zero attached hydrogens (tertiary/aromatic N) is 1. The molecular weight excluding hydrogens is 319 g/mol. The van der Waals surface area contributed by atoms with Crippen molar-refractivity contribution in [2.45, 2.75) is 52.1 Å². The lowest BCUT2D eigenvalue weighted by atomic mass is 9.92. The first-order valence-corrected chi connectivity index (χ1v) is 8.17. The summed E-state index contributed by atoms with van der Waals surface area (Å²) in [6.07, 6.45) is 2.17. The molecule has 0 aromatic heterocycles. The molecule has 0 spiro atoms. The molecular formula is C16H24BrFN2. The molecule has 0 radical (unpaired) electrons. The highest BCUT2D eigenvalue weighted by atomic mass is 79.9. The van der Waals surface area contributed by atoms with E-state index in [4.69, 9.17) is 0 Å². The van der Waals surface area contributed by atoms with Crippen molar-refractivity contribution in [2.24, 2.45) is 0 Å². The van der Waals surface area contributed by atoms with Gasteiger partial charge in [-0.3, -0.25) is 0 Å². The Morgan fingerprint density at radius 3 is 2.75 bits per heavy atom. The van der Waals surface area contributed by atoms with Crippen LogP contribution in [0.15, 0.2) is 16.6 Å². The molecule has 1 aliphatic heterocycles. The predicted molar refractivity (Wildman–Crippen MR) is 87.0 cm³/mol. The van der Waals surface area contributed by atoms with E-state index in [2.05, 4.69) is 46.9 Å². The first-order valence-electron chi connectivity index (χ1n) is 7.37. The summed E-state index contributed by atoms with van der Waals surface area (Å²) in [5, 5.41) is 3.66. The van der Waals surface area contributed by atoms with E-state index >= 15 is 0 Å². The minimum atomic E-state index is -0.187. The number of hydrogen-bond acceptors (Lipinski definition) is 2. The van der Waals surface area contributed by atoms with E-state index in [1.807, 2.05) is 13.0 Å². The molecule has 1 heterocycles. The van der Waals surface area contributed by atoms with Crippen LogP contribution < -0.4 is 10.2 Å². The molecule has 2 unspecified atom stereocenters. The molecule has 0 amide bonds. The Bertz CT molecular complexity index is 492. The number of aryl methyl sites for hydroxylation is 1. The van der Waals surface area contributed by atoms with Crippen molar-refractivity contribution in [3.63, 3.8) is 0 Å². The molecule has 2 rings (SSSR count). The Morgan fingerprint density at radius 1 is 1.45 bits per heavy atom. The number of anilines is 1. The molecule has 4 heteroatoms. The maximum atomic E-state index is 13.6. The van der Waals surface area contributed by atoms with Crippen molar-refractivity contribution >= 4 is 21.6 Å². The molecule has 20 heavy (non-hydrogen) atoms. The summed E-state index contributed by atoms with van der Waals surface area (Å²) in [5.41, 5.74) is 2.27. The molecule has 0 aliphatic carbocycles. The number of nitrogens with one attached hydrogen (secondary N) is 1. The first kappa shape index (κ1) is 15.8. The van der Waals surface area contributed by atoms with Crippen LogP contribution in [0.5, 0.6) is 0 Å². The van der Waals surface area contributed by atoms with E-state index in [0.717, 1.165) is 37.2 Å². The summed E-state index contributed by atoms with van der Waals surface area (Å²) in [7, 11) is 0. The van der Waals surface area contributed by atoms with Crippen LogP contribution in [0.1, 0.15) is 39.2 Å². The van der Waals surface area contributed by atoms with Gasteiger partial charge in [0.15, 0.2) is 0 Å². The minimum Gasteiger partial charge on any atom is -0.365 e. The van der Waals surface area contributed by atoms with Gasteiger partial charge in [0.1, 0.15) is 5.82 Å². The highest BCUT2D eigenvalue weighted by Crippen LogP contribution is 2.32. The van der Waals surface area contributed by atoms with Gasteiger partial charge < -0.3 is 10.2 Å². The van der Waals surface area contributed by atoms with Crippen LogP contribution in [-0.4, -0.2) is 24.7 Å². The quantitative estimate of drug-likeness (QED) is 0.883. The number of piperazine rings is 1. The van der Waals surface area contributed by atoms with E-state index in [1.165, 1.54) is 0 Å². The topological polar surface area (TPSA) is 15.3 Å². The average molecular weight is 343 g/mol. The normalized spacial score (nSPS) is 26.9. The van der Waals surface area contributed by atoms with Crippen molar-refractivity contribution in [3.05, 3.63) is 28.0 Å². The lowest BCUT2D eigenvalue weighted by molar-refractivity contribution is 0.276. The summed E-state index contributed by atoms with van der Waals surface area (Å²) in [6.45, 7) is 10.6. The zero-order valence-corrected chi connectivity index (χ0v) is 14.3. The Balaban J connectivity index is 2.39. The molecule has 112 valence electrons. The van der Waals surface area contributed by atoms with E-state index in [-0.39, 0.29) is 11.4 Å². The molecule has 0 bridgehead atoms. The maximum Gasteiger partial charge on any atom is 0.137 e. The second-order valence-corrected chi connectivity index (χ2v) is 6.89. The summed E-state index contributed by atoms with van der Waals surface area (Å²) in [6, 6.07) is 4.01. The molecule has 1 saturated heterocycles. The Hall–Kier alpha value is -0.610. The Labute approximate surface area is 129 Å². The lowest BCUT2D eigenvalue weighted by Crippen LogP contribution is -2.63. The van der Waals surface area contributed by atoms with E-state index < -0.39 is 0 Å². The second kappa shape index (κ2) is 6.02. The fourth-order valence-corrected chi connectivity index (χ4v) is 3.20. The van der Waals surface area contributed by atoms with Gasteiger partial charge in [0, 0.05) is 30.4 Å². The zero-order valence-electron chi connectivity index (χ0n) is 12.8. The third-order valence-electron chi connectivity index (χ3n) is 4.52. The SMILES string of the molecule is CCC1CNC(C)(CC)CN1c1cc(Br)c(F)cc1C. The summed E-state index contributed by atoms with van der Waals surface area (Å²) < 4.78 is 14.2. The van der Waals surface area contributed by atoms with Crippen molar-refractivity contribution in [1.82, 2.24) is 5.32 Å². The van der Waals surface area contributed by atoms with Gasteiger partial charge >= 0.3 is 0 Å². The van der Waals surface area contributed by atoms with Gasteiger partial charge in [-0.2, -0.15) is 0 Å². The average Bonchev–Trinajstić information content (AvgIpc) is 2.43. The number of benzene rings is 1. The lowest BCUT2D eigenvalue weighted by Gasteiger charge is -2.47. The third kappa shape index (κ3) is 3.01. The Morgan fingerprint density at radius 2 is 2.15 bits per heavy atom.